The highest BCUT2D eigenvalue weighted by Crippen LogP contribution is 2.18. The van der Waals surface area contributed by atoms with Crippen LogP contribution in [-0.2, 0) is 14.8 Å². The van der Waals surface area contributed by atoms with Crippen LogP contribution in [0.1, 0.15) is 6.92 Å². The largest absolute Gasteiger partial charge is 0.366 e. The molecule has 19 heavy (non-hydrogen) atoms. The minimum absolute atomic E-state index is 0.184. The quantitative estimate of drug-likeness (QED) is 0.669. The van der Waals surface area contributed by atoms with Gasteiger partial charge in [-0.05, 0) is 13.0 Å². The van der Waals surface area contributed by atoms with Gasteiger partial charge in [-0.3, -0.25) is 4.79 Å². The first-order chi connectivity index (χ1) is 9.07. The maximum atomic E-state index is 12.5. The summed E-state index contributed by atoms with van der Waals surface area (Å²) in [6.07, 6.45) is 2.97. The van der Waals surface area contributed by atoms with E-state index < -0.39 is 16.1 Å². The Kier molecular flexibility index (Phi) is 4.23. The second-order valence-corrected chi connectivity index (χ2v) is 6.17. The molecule has 0 radical (unpaired) electrons. The number of carbonyl (C=O) groups is 1. The molecule has 106 valence electrons. The van der Waals surface area contributed by atoms with E-state index in [1.807, 2.05) is 0 Å². The summed E-state index contributed by atoms with van der Waals surface area (Å²) in [4.78, 5) is 14.9. The van der Waals surface area contributed by atoms with E-state index in [0.29, 0.717) is 19.6 Å². The zero-order valence-electron chi connectivity index (χ0n) is 10.7. The molecular formula is C11H18N4O3S. The van der Waals surface area contributed by atoms with Crippen LogP contribution >= 0.6 is 0 Å². The number of rotatable bonds is 4. The predicted molar refractivity (Wildman–Crippen MR) is 70.0 cm³/mol. The molecule has 0 aliphatic carbocycles. The first kappa shape index (κ1) is 14.0. The Bertz CT molecular complexity index is 526. The number of carbonyl (C=O) groups excluding carboxylic acids is 1. The molecule has 1 atom stereocenters. The molecule has 0 saturated carbocycles. The second kappa shape index (κ2) is 5.72. The second-order valence-electron chi connectivity index (χ2n) is 4.28. The van der Waals surface area contributed by atoms with Crippen molar-refractivity contribution in [1.29, 1.82) is 0 Å². The van der Waals surface area contributed by atoms with Crippen molar-refractivity contribution in [3.8, 4) is 0 Å². The summed E-state index contributed by atoms with van der Waals surface area (Å²) in [7, 11) is -3.63. The summed E-state index contributed by atoms with van der Waals surface area (Å²) in [5.74, 6) is -0.270. The Morgan fingerprint density at radius 2 is 2.37 bits per heavy atom. The van der Waals surface area contributed by atoms with Gasteiger partial charge in [0, 0.05) is 38.6 Å². The molecule has 7 nitrogen and oxygen atoms in total. The van der Waals surface area contributed by atoms with E-state index in [-0.39, 0.29) is 17.3 Å². The fourth-order valence-corrected chi connectivity index (χ4v) is 3.66. The molecule has 3 N–H and O–H groups in total. The van der Waals surface area contributed by atoms with Crippen molar-refractivity contribution >= 4 is 15.9 Å². The number of piperazine rings is 1. The Hall–Kier alpha value is -1.38. The molecule has 1 fully saturated rings. The van der Waals surface area contributed by atoms with Crippen LogP contribution < -0.4 is 10.6 Å². The number of aromatic amines is 1. The average Bonchev–Trinajstić information content (AvgIpc) is 2.93. The van der Waals surface area contributed by atoms with Gasteiger partial charge >= 0.3 is 0 Å². The maximum Gasteiger partial charge on any atom is 0.245 e. The smallest absolute Gasteiger partial charge is 0.245 e. The Morgan fingerprint density at radius 1 is 1.58 bits per heavy atom. The van der Waals surface area contributed by atoms with E-state index in [4.69, 9.17) is 0 Å². The summed E-state index contributed by atoms with van der Waals surface area (Å²) < 4.78 is 26.2. The first-order valence-electron chi connectivity index (χ1n) is 6.20. The Morgan fingerprint density at radius 3 is 3.00 bits per heavy atom. The van der Waals surface area contributed by atoms with E-state index in [1.54, 1.807) is 13.1 Å². The minimum Gasteiger partial charge on any atom is -0.366 e. The molecule has 8 heteroatoms. The number of H-pyrrole nitrogens is 1. The van der Waals surface area contributed by atoms with Crippen LogP contribution in [0.15, 0.2) is 23.4 Å². The lowest BCUT2D eigenvalue weighted by molar-refractivity contribution is -0.125. The van der Waals surface area contributed by atoms with Crippen molar-refractivity contribution in [1.82, 2.24) is 19.9 Å². The number of hydrogen-bond donors (Lipinski definition) is 3. The van der Waals surface area contributed by atoms with Crippen LogP contribution in [0.3, 0.4) is 0 Å². The SMILES string of the molecule is CCNC(=O)C1CNCCN1S(=O)(=O)c1cc[nH]c1. The standard InChI is InChI=1S/C11H18N4O3S/c1-2-14-11(16)10-8-13-5-6-15(10)19(17,18)9-3-4-12-7-9/h3-4,7,10,12-13H,2,5-6,8H2,1H3,(H,14,16). The van der Waals surface area contributed by atoms with Gasteiger partial charge in [-0.25, -0.2) is 8.42 Å². The highest BCUT2D eigenvalue weighted by atomic mass is 32.2. The van der Waals surface area contributed by atoms with Crippen LogP contribution in [0.25, 0.3) is 0 Å². The van der Waals surface area contributed by atoms with Crippen LogP contribution in [0.2, 0.25) is 0 Å². The third-order valence-electron chi connectivity index (χ3n) is 3.02. The molecule has 1 aliphatic rings. The van der Waals surface area contributed by atoms with Gasteiger partial charge in [-0.2, -0.15) is 4.31 Å². The number of nitrogens with one attached hydrogen (secondary N) is 3. The van der Waals surface area contributed by atoms with Crippen molar-refractivity contribution in [2.24, 2.45) is 0 Å². The molecule has 1 amide bonds. The highest BCUT2D eigenvalue weighted by molar-refractivity contribution is 7.89. The lowest BCUT2D eigenvalue weighted by atomic mass is 10.2. The fraction of sp³-hybridized carbons (Fsp3) is 0.545. The van der Waals surface area contributed by atoms with E-state index in [2.05, 4.69) is 15.6 Å². The fourth-order valence-electron chi connectivity index (χ4n) is 2.09. The molecule has 2 heterocycles. The van der Waals surface area contributed by atoms with Crippen LogP contribution in [-0.4, -0.2) is 55.8 Å². The minimum atomic E-state index is -3.63. The zero-order valence-corrected chi connectivity index (χ0v) is 11.5. The molecule has 0 aromatic carbocycles. The summed E-state index contributed by atoms with van der Waals surface area (Å²) in [5, 5.41) is 5.72. The maximum absolute atomic E-state index is 12.5. The normalized spacial score (nSPS) is 21.2. The van der Waals surface area contributed by atoms with Gasteiger partial charge in [0.1, 0.15) is 6.04 Å². The number of sulfonamides is 1. The van der Waals surface area contributed by atoms with Crippen molar-refractivity contribution in [2.75, 3.05) is 26.2 Å². The third kappa shape index (κ3) is 2.80. The van der Waals surface area contributed by atoms with E-state index >= 15 is 0 Å². The number of nitrogens with zero attached hydrogens (tertiary/aromatic N) is 1. The summed E-state index contributed by atoms with van der Waals surface area (Å²) in [6.45, 7) is 3.44. The van der Waals surface area contributed by atoms with E-state index in [1.165, 1.54) is 16.6 Å². The first-order valence-corrected chi connectivity index (χ1v) is 7.64. The van der Waals surface area contributed by atoms with E-state index in [0.717, 1.165) is 0 Å². The summed E-state index contributed by atoms with van der Waals surface area (Å²) in [6, 6.07) is 0.792. The molecule has 0 spiro atoms. The molecule has 0 bridgehead atoms. The Balaban J connectivity index is 2.27. The van der Waals surface area contributed by atoms with Gasteiger partial charge in [0.25, 0.3) is 0 Å². The van der Waals surface area contributed by atoms with E-state index in [9.17, 15) is 13.2 Å². The van der Waals surface area contributed by atoms with Crippen molar-refractivity contribution in [3.05, 3.63) is 18.5 Å². The Labute approximate surface area is 112 Å². The van der Waals surface area contributed by atoms with Crippen LogP contribution in [0, 0.1) is 0 Å². The molecule has 1 saturated heterocycles. The monoisotopic (exact) mass is 286 g/mol. The number of likely N-dealkylation sites (N-methyl/N-ethyl adjacent to an activating group) is 1. The van der Waals surface area contributed by atoms with Gasteiger partial charge in [0.2, 0.25) is 15.9 Å². The number of hydrogen-bond acceptors (Lipinski definition) is 4. The highest BCUT2D eigenvalue weighted by Gasteiger charge is 2.37. The molecule has 1 aromatic rings. The molecule has 1 aromatic heterocycles. The average molecular weight is 286 g/mol. The molecule has 2 rings (SSSR count). The molecular weight excluding hydrogens is 268 g/mol. The lowest BCUT2D eigenvalue weighted by Crippen LogP contribution is -2.59. The third-order valence-corrected chi connectivity index (χ3v) is 4.93. The zero-order chi connectivity index (χ0) is 13.9. The number of amides is 1. The lowest BCUT2D eigenvalue weighted by Gasteiger charge is -2.33. The van der Waals surface area contributed by atoms with Crippen LogP contribution in [0.4, 0.5) is 0 Å². The summed E-state index contributed by atoms with van der Waals surface area (Å²) in [5.41, 5.74) is 0. The van der Waals surface area contributed by atoms with Gasteiger partial charge in [0.15, 0.2) is 0 Å². The van der Waals surface area contributed by atoms with Gasteiger partial charge < -0.3 is 15.6 Å². The van der Waals surface area contributed by atoms with Crippen molar-refractivity contribution in [2.45, 2.75) is 17.9 Å². The topological polar surface area (TPSA) is 94.3 Å². The van der Waals surface area contributed by atoms with Crippen LogP contribution in [0.5, 0.6) is 0 Å². The van der Waals surface area contributed by atoms with Gasteiger partial charge in [-0.1, -0.05) is 0 Å². The van der Waals surface area contributed by atoms with Crippen molar-refractivity contribution < 1.29 is 13.2 Å². The van der Waals surface area contributed by atoms with Crippen molar-refractivity contribution in [3.63, 3.8) is 0 Å². The molecule has 1 unspecified atom stereocenters. The summed E-state index contributed by atoms with van der Waals surface area (Å²) >= 11 is 0. The number of aromatic nitrogens is 1. The van der Waals surface area contributed by atoms with Gasteiger partial charge in [-0.15, -0.1) is 0 Å². The van der Waals surface area contributed by atoms with Gasteiger partial charge in [0.05, 0.1) is 4.90 Å². The molecule has 1 aliphatic heterocycles. The predicted octanol–water partition coefficient (Wildman–Crippen LogP) is -0.887.